The minimum atomic E-state index is -0.321. The van der Waals surface area contributed by atoms with Gasteiger partial charge in [-0.25, -0.2) is 4.68 Å². The Bertz CT molecular complexity index is 568. The van der Waals surface area contributed by atoms with E-state index in [0.29, 0.717) is 17.4 Å². The Morgan fingerprint density at radius 1 is 1.35 bits per heavy atom. The minimum absolute atomic E-state index is 0.0828. The number of aromatic nitrogens is 4. The van der Waals surface area contributed by atoms with Crippen LogP contribution in [0.4, 0.5) is 0 Å². The number of esters is 1. The van der Waals surface area contributed by atoms with Crippen LogP contribution in [0.15, 0.2) is 24.3 Å². The van der Waals surface area contributed by atoms with Crippen molar-refractivity contribution in [3.05, 3.63) is 40.7 Å². The highest BCUT2D eigenvalue weighted by Gasteiger charge is 2.10. The van der Waals surface area contributed by atoms with Crippen molar-refractivity contribution in [3.8, 4) is 0 Å². The van der Waals surface area contributed by atoms with E-state index in [9.17, 15) is 4.79 Å². The summed E-state index contributed by atoms with van der Waals surface area (Å²) in [4.78, 5) is 11.7. The summed E-state index contributed by atoms with van der Waals surface area (Å²) in [6, 6.07) is 7.08. The average molecular weight is 295 g/mol. The van der Waals surface area contributed by atoms with Crippen molar-refractivity contribution < 1.29 is 9.53 Å². The van der Waals surface area contributed by atoms with E-state index in [2.05, 4.69) is 15.5 Å². The number of ether oxygens (including phenoxy) is 1. The van der Waals surface area contributed by atoms with Gasteiger partial charge in [0, 0.05) is 11.6 Å². The molecule has 2 rings (SSSR count). The van der Waals surface area contributed by atoms with E-state index in [-0.39, 0.29) is 19.0 Å². The summed E-state index contributed by atoms with van der Waals surface area (Å²) in [5, 5.41) is 11.9. The number of tetrazole rings is 1. The predicted octanol–water partition coefficient (Wildman–Crippen LogP) is 2.02. The molecule has 0 bridgehead atoms. The molecule has 2 aromatic rings. The lowest BCUT2D eigenvalue weighted by Crippen LogP contribution is -2.12. The fourth-order valence-corrected chi connectivity index (χ4v) is 1.80. The lowest BCUT2D eigenvalue weighted by atomic mass is 10.1. The fraction of sp³-hybridized carbons (Fsp3) is 0.385. The predicted molar refractivity (Wildman–Crippen MR) is 73.1 cm³/mol. The number of rotatable bonds is 6. The molecule has 1 aromatic heterocycles. The van der Waals surface area contributed by atoms with Crippen LogP contribution in [0, 0.1) is 0 Å². The quantitative estimate of drug-likeness (QED) is 0.762. The molecule has 0 atom stereocenters. The Balaban J connectivity index is 1.85. The molecule has 20 heavy (non-hydrogen) atoms. The average Bonchev–Trinajstić information content (AvgIpc) is 2.87. The van der Waals surface area contributed by atoms with Gasteiger partial charge in [-0.2, -0.15) is 0 Å². The maximum absolute atomic E-state index is 11.7. The van der Waals surface area contributed by atoms with E-state index in [1.807, 2.05) is 6.92 Å². The molecule has 6 nitrogen and oxygen atoms in total. The first-order valence-electron chi connectivity index (χ1n) is 6.34. The highest BCUT2D eigenvalue weighted by atomic mass is 35.5. The number of carbonyl (C=O) groups excluding carboxylic acids is 1. The molecule has 0 amide bonds. The number of hydrogen-bond donors (Lipinski definition) is 0. The van der Waals surface area contributed by atoms with Gasteiger partial charge in [-0.1, -0.05) is 30.7 Å². The molecule has 0 spiro atoms. The highest BCUT2D eigenvalue weighted by Crippen LogP contribution is 2.10. The second-order valence-corrected chi connectivity index (χ2v) is 4.72. The first-order chi connectivity index (χ1) is 9.69. The molecule has 0 saturated carbocycles. The first kappa shape index (κ1) is 14.5. The van der Waals surface area contributed by atoms with Crippen LogP contribution in [0.2, 0.25) is 5.02 Å². The third-order valence-corrected chi connectivity index (χ3v) is 2.92. The van der Waals surface area contributed by atoms with Gasteiger partial charge in [0.15, 0.2) is 12.4 Å². The summed E-state index contributed by atoms with van der Waals surface area (Å²) in [7, 11) is 0. The van der Waals surface area contributed by atoms with Gasteiger partial charge in [0.05, 0.1) is 6.42 Å². The summed E-state index contributed by atoms with van der Waals surface area (Å²) in [5.74, 6) is 0.231. The number of halogens is 1. The van der Waals surface area contributed by atoms with Gasteiger partial charge in [-0.05, 0) is 34.5 Å². The van der Waals surface area contributed by atoms with E-state index in [1.165, 1.54) is 0 Å². The van der Waals surface area contributed by atoms with Crippen molar-refractivity contribution in [1.82, 2.24) is 20.2 Å². The zero-order chi connectivity index (χ0) is 14.4. The molecule has 0 radical (unpaired) electrons. The number of carbonyl (C=O) groups is 1. The van der Waals surface area contributed by atoms with Crippen molar-refractivity contribution in [3.63, 3.8) is 0 Å². The van der Waals surface area contributed by atoms with Crippen LogP contribution in [-0.2, 0) is 29.1 Å². The van der Waals surface area contributed by atoms with Gasteiger partial charge in [0.1, 0.15) is 0 Å². The van der Waals surface area contributed by atoms with Gasteiger partial charge < -0.3 is 4.74 Å². The lowest BCUT2D eigenvalue weighted by molar-refractivity contribution is -0.144. The largest absolute Gasteiger partial charge is 0.457 e. The number of benzene rings is 1. The smallest absolute Gasteiger partial charge is 0.310 e. The molecule has 7 heteroatoms. The van der Waals surface area contributed by atoms with Gasteiger partial charge in [-0.15, -0.1) is 5.10 Å². The maximum atomic E-state index is 11.7. The molecular weight excluding hydrogens is 280 g/mol. The van der Waals surface area contributed by atoms with Crippen molar-refractivity contribution in [2.24, 2.45) is 0 Å². The first-order valence-corrected chi connectivity index (χ1v) is 6.72. The summed E-state index contributed by atoms with van der Waals surface area (Å²) in [6.07, 6.45) is 1.11. The van der Waals surface area contributed by atoms with E-state index in [0.717, 1.165) is 12.0 Å². The summed E-state index contributed by atoms with van der Waals surface area (Å²) >= 11 is 5.78. The Morgan fingerprint density at radius 2 is 2.10 bits per heavy atom. The van der Waals surface area contributed by atoms with Gasteiger partial charge >= 0.3 is 5.97 Å². The molecule has 0 saturated heterocycles. The van der Waals surface area contributed by atoms with Crippen LogP contribution in [0.3, 0.4) is 0 Å². The molecule has 0 fully saturated rings. The zero-order valence-electron chi connectivity index (χ0n) is 11.1. The molecule has 0 aliphatic heterocycles. The van der Waals surface area contributed by atoms with E-state index >= 15 is 0 Å². The number of aryl methyl sites for hydroxylation is 1. The van der Waals surface area contributed by atoms with Crippen LogP contribution in [0.1, 0.15) is 24.7 Å². The summed E-state index contributed by atoms with van der Waals surface area (Å²) in [6.45, 7) is 2.81. The van der Waals surface area contributed by atoms with Gasteiger partial charge in [0.2, 0.25) is 0 Å². The van der Waals surface area contributed by atoms with Gasteiger partial charge in [-0.3, -0.25) is 4.79 Å². The Kier molecular flexibility index (Phi) is 5.06. The van der Waals surface area contributed by atoms with Crippen LogP contribution in [-0.4, -0.2) is 26.2 Å². The third-order valence-electron chi connectivity index (χ3n) is 2.67. The topological polar surface area (TPSA) is 69.9 Å². The number of hydrogen-bond acceptors (Lipinski definition) is 5. The Labute approximate surface area is 121 Å². The number of nitrogens with zero attached hydrogens (tertiary/aromatic N) is 4. The Hall–Kier alpha value is -1.95. The van der Waals surface area contributed by atoms with Crippen LogP contribution in [0.25, 0.3) is 0 Å². The standard InChI is InChI=1S/C13H15ClN4O2/c1-2-7-18-12(15-16-17-18)9-20-13(19)8-10-3-5-11(14)6-4-10/h3-6H,2,7-9H2,1H3. The fourth-order valence-electron chi connectivity index (χ4n) is 1.68. The molecule has 0 aliphatic rings. The molecular formula is C13H15ClN4O2. The maximum Gasteiger partial charge on any atom is 0.310 e. The van der Waals surface area contributed by atoms with Crippen molar-refractivity contribution in [2.45, 2.75) is 32.9 Å². The van der Waals surface area contributed by atoms with E-state index in [4.69, 9.17) is 16.3 Å². The van der Waals surface area contributed by atoms with Gasteiger partial charge in [0.25, 0.3) is 0 Å². The SMILES string of the molecule is CCCn1nnnc1COC(=O)Cc1ccc(Cl)cc1. The lowest BCUT2D eigenvalue weighted by Gasteiger charge is -2.05. The van der Waals surface area contributed by atoms with E-state index in [1.54, 1.807) is 28.9 Å². The summed E-state index contributed by atoms with van der Waals surface area (Å²) in [5.41, 5.74) is 0.854. The van der Waals surface area contributed by atoms with Crippen molar-refractivity contribution >= 4 is 17.6 Å². The normalized spacial score (nSPS) is 10.5. The second kappa shape index (κ2) is 7.00. The Morgan fingerprint density at radius 3 is 2.80 bits per heavy atom. The molecule has 0 aliphatic carbocycles. The second-order valence-electron chi connectivity index (χ2n) is 4.28. The van der Waals surface area contributed by atoms with Crippen LogP contribution in [0.5, 0.6) is 0 Å². The molecule has 1 heterocycles. The molecule has 106 valence electrons. The summed E-state index contributed by atoms with van der Waals surface area (Å²) < 4.78 is 6.81. The van der Waals surface area contributed by atoms with E-state index < -0.39 is 0 Å². The molecule has 0 N–H and O–H groups in total. The molecule has 1 aromatic carbocycles. The minimum Gasteiger partial charge on any atom is -0.457 e. The monoisotopic (exact) mass is 294 g/mol. The molecule has 0 unspecified atom stereocenters. The van der Waals surface area contributed by atoms with Crippen molar-refractivity contribution in [1.29, 1.82) is 0 Å². The van der Waals surface area contributed by atoms with Crippen LogP contribution >= 0.6 is 11.6 Å². The van der Waals surface area contributed by atoms with Crippen LogP contribution < -0.4 is 0 Å². The highest BCUT2D eigenvalue weighted by molar-refractivity contribution is 6.30. The third kappa shape index (κ3) is 4.03. The van der Waals surface area contributed by atoms with Crippen molar-refractivity contribution in [2.75, 3.05) is 0 Å². The zero-order valence-corrected chi connectivity index (χ0v) is 11.9.